The first-order valence-corrected chi connectivity index (χ1v) is 8.95. The van der Waals surface area contributed by atoms with E-state index in [9.17, 15) is 18.0 Å². The fourth-order valence-electron chi connectivity index (χ4n) is 2.74. The lowest BCUT2D eigenvalue weighted by molar-refractivity contribution is -0.137. The molecule has 0 saturated heterocycles. The van der Waals surface area contributed by atoms with Gasteiger partial charge in [-0.1, -0.05) is 23.7 Å². The minimum atomic E-state index is -4.60. The first-order chi connectivity index (χ1) is 14.2. The maximum absolute atomic E-state index is 13.1. The Bertz CT molecular complexity index is 1300. The molecular weight excluding hydrogens is 423 g/mol. The predicted molar refractivity (Wildman–Crippen MR) is 106 cm³/mol. The second-order valence-electron chi connectivity index (χ2n) is 6.33. The highest BCUT2D eigenvalue weighted by Crippen LogP contribution is 2.36. The highest BCUT2D eigenvalue weighted by molar-refractivity contribution is 6.31. The molecule has 4 rings (SSSR count). The lowest BCUT2D eigenvalue weighted by atomic mass is 10.2. The van der Waals surface area contributed by atoms with Gasteiger partial charge >= 0.3 is 11.9 Å². The molecule has 0 unspecified atom stereocenters. The average molecular weight is 436 g/mol. The monoisotopic (exact) mass is 435 g/mol. The van der Waals surface area contributed by atoms with Gasteiger partial charge in [0, 0.05) is 17.4 Å². The fourth-order valence-corrected chi connectivity index (χ4v) is 2.97. The Morgan fingerprint density at radius 3 is 2.70 bits per heavy atom. The van der Waals surface area contributed by atoms with Crippen LogP contribution in [-0.2, 0) is 6.18 Å². The molecule has 2 N–H and O–H groups in total. The Balaban J connectivity index is 1.66. The average Bonchev–Trinajstić information content (AvgIpc) is 3.00. The van der Waals surface area contributed by atoms with E-state index < -0.39 is 22.5 Å². The van der Waals surface area contributed by atoms with Crippen LogP contribution >= 0.6 is 11.6 Å². The van der Waals surface area contributed by atoms with Crippen molar-refractivity contribution in [2.75, 3.05) is 10.7 Å². The number of hydrogen-bond acceptors (Lipinski definition) is 6. The molecule has 0 aliphatic heterocycles. The van der Waals surface area contributed by atoms with Gasteiger partial charge in [-0.2, -0.15) is 22.8 Å². The van der Waals surface area contributed by atoms with Crippen LogP contribution < -0.4 is 16.5 Å². The summed E-state index contributed by atoms with van der Waals surface area (Å²) in [5.74, 6) is -0.346. The third kappa shape index (κ3) is 3.81. The minimum absolute atomic E-state index is 0.0272. The number of rotatable bonds is 4. The number of nitrogens with zero attached hydrogens (tertiary/aromatic N) is 3. The molecule has 7 nitrogen and oxygen atoms in total. The molecule has 0 radical (unpaired) electrons. The molecule has 2 aromatic heterocycles. The number of aryl methyl sites for hydroxylation is 1. The number of oxazole rings is 1. The van der Waals surface area contributed by atoms with E-state index in [1.165, 1.54) is 16.9 Å². The molecule has 0 aliphatic carbocycles. The van der Waals surface area contributed by atoms with E-state index >= 15 is 0 Å². The number of aromatic nitrogens is 3. The maximum atomic E-state index is 13.1. The van der Waals surface area contributed by atoms with Crippen molar-refractivity contribution in [1.29, 1.82) is 0 Å². The SMILES string of the molecule is Cc1cnc(Nc2ccc(Cl)c(C(F)(F)F)c2)nc1Nn1c(=O)oc2ccccc21. The lowest BCUT2D eigenvalue weighted by Gasteiger charge is -2.13. The van der Waals surface area contributed by atoms with Crippen LogP contribution in [0.5, 0.6) is 0 Å². The van der Waals surface area contributed by atoms with Gasteiger partial charge in [0.1, 0.15) is 5.52 Å². The van der Waals surface area contributed by atoms with Crippen LogP contribution in [0.3, 0.4) is 0 Å². The predicted octanol–water partition coefficient (Wildman–Crippen LogP) is 4.98. The van der Waals surface area contributed by atoms with Crippen LogP contribution in [0, 0.1) is 6.92 Å². The van der Waals surface area contributed by atoms with Crippen LogP contribution in [0.25, 0.3) is 11.1 Å². The zero-order valence-electron chi connectivity index (χ0n) is 15.3. The molecule has 2 aromatic carbocycles. The second-order valence-corrected chi connectivity index (χ2v) is 6.73. The largest absolute Gasteiger partial charge is 0.439 e. The third-order valence-electron chi connectivity index (χ3n) is 4.20. The third-order valence-corrected chi connectivity index (χ3v) is 4.53. The van der Waals surface area contributed by atoms with Crippen molar-refractivity contribution in [1.82, 2.24) is 14.6 Å². The highest BCUT2D eigenvalue weighted by atomic mass is 35.5. The van der Waals surface area contributed by atoms with Crippen molar-refractivity contribution in [2.45, 2.75) is 13.1 Å². The molecule has 154 valence electrons. The number of fused-ring (bicyclic) bond motifs is 1. The van der Waals surface area contributed by atoms with Crippen molar-refractivity contribution in [3.63, 3.8) is 0 Å². The van der Waals surface area contributed by atoms with Gasteiger partial charge in [0.25, 0.3) is 0 Å². The summed E-state index contributed by atoms with van der Waals surface area (Å²) in [5, 5.41) is 2.30. The van der Waals surface area contributed by atoms with Crippen LogP contribution in [0.15, 0.2) is 57.9 Å². The van der Waals surface area contributed by atoms with Gasteiger partial charge in [0.05, 0.1) is 10.6 Å². The van der Waals surface area contributed by atoms with Gasteiger partial charge in [-0.05, 0) is 37.3 Å². The summed E-state index contributed by atoms with van der Waals surface area (Å²) in [6, 6.07) is 10.2. The minimum Gasteiger partial charge on any atom is -0.406 e. The van der Waals surface area contributed by atoms with Crippen molar-refractivity contribution in [2.24, 2.45) is 0 Å². The Morgan fingerprint density at radius 1 is 1.17 bits per heavy atom. The fraction of sp³-hybridized carbons (Fsp3) is 0.105. The van der Waals surface area contributed by atoms with Crippen LogP contribution in [0.2, 0.25) is 5.02 Å². The smallest absolute Gasteiger partial charge is 0.406 e. The van der Waals surface area contributed by atoms with Crippen molar-refractivity contribution >= 4 is 40.2 Å². The van der Waals surface area contributed by atoms with Gasteiger partial charge in [-0.25, -0.2) is 9.78 Å². The van der Waals surface area contributed by atoms with E-state index in [0.29, 0.717) is 16.7 Å². The van der Waals surface area contributed by atoms with Crippen molar-refractivity contribution < 1.29 is 17.6 Å². The molecule has 2 heterocycles. The van der Waals surface area contributed by atoms with Gasteiger partial charge in [0.2, 0.25) is 5.95 Å². The second kappa shape index (κ2) is 7.38. The van der Waals surface area contributed by atoms with Gasteiger partial charge < -0.3 is 9.73 Å². The zero-order chi connectivity index (χ0) is 21.5. The van der Waals surface area contributed by atoms with E-state index in [0.717, 1.165) is 12.1 Å². The number of hydrogen-bond donors (Lipinski definition) is 2. The summed E-state index contributed by atoms with van der Waals surface area (Å²) in [7, 11) is 0. The van der Waals surface area contributed by atoms with Gasteiger partial charge in [0.15, 0.2) is 11.4 Å². The number of halogens is 4. The molecule has 11 heteroatoms. The number of anilines is 3. The van der Waals surface area contributed by atoms with Crippen LogP contribution in [0.4, 0.5) is 30.6 Å². The van der Waals surface area contributed by atoms with Crippen molar-refractivity contribution in [3.05, 3.63) is 75.4 Å². The zero-order valence-corrected chi connectivity index (χ0v) is 16.0. The molecule has 0 atom stereocenters. The summed E-state index contributed by atoms with van der Waals surface area (Å²) in [6.45, 7) is 1.71. The van der Waals surface area contributed by atoms with Crippen molar-refractivity contribution in [3.8, 4) is 0 Å². The molecule has 0 spiro atoms. The Labute approximate surface area is 172 Å². The molecule has 0 bridgehead atoms. The van der Waals surface area contributed by atoms with E-state index in [4.69, 9.17) is 16.0 Å². The Hall–Kier alpha value is -3.53. The van der Waals surface area contributed by atoms with Crippen LogP contribution in [0.1, 0.15) is 11.1 Å². The summed E-state index contributed by atoms with van der Waals surface area (Å²) in [6.07, 6.45) is -3.13. The number of alkyl halides is 3. The molecule has 30 heavy (non-hydrogen) atoms. The topological polar surface area (TPSA) is 85.0 Å². The van der Waals surface area contributed by atoms with Gasteiger partial charge in [-0.3, -0.25) is 5.43 Å². The standard InChI is InChI=1S/C19H13ClF3N5O2/c1-10-9-24-17(25-11-6-7-13(20)12(8-11)19(21,22)23)26-16(10)27-28-14-4-2-3-5-15(14)30-18(28)29/h2-9H,1H3,(H2,24,25,26,27). The summed E-state index contributed by atoms with van der Waals surface area (Å²) in [5.41, 5.74) is 3.47. The highest BCUT2D eigenvalue weighted by Gasteiger charge is 2.33. The number of benzene rings is 2. The lowest BCUT2D eigenvalue weighted by Crippen LogP contribution is -2.23. The molecule has 4 aromatic rings. The Morgan fingerprint density at radius 2 is 1.93 bits per heavy atom. The van der Waals surface area contributed by atoms with E-state index in [-0.39, 0.29) is 17.5 Å². The normalized spacial score (nSPS) is 11.6. The molecule has 0 amide bonds. The summed E-state index contributed by atoms with van der Waals surface area (Å²) < 4.78 is 45.5. The molecule has 0 aliphatic rings. The van der Waals surface area contributed by atoms with Gasteiger partial charge in [-0.15, -0.1) is 0 Å². The first kappa shape index (κ1) is 19.8. The molecule has 0 fully saturated rings. The van der Waals surface area contributed by atoms with E-state index in [2.05, 4.69) is 20.7 Å². The summed E-state index contributed by atoms with van der Waals surface area (Å²) in [4.78, 5) is 20.5. The number of para-hydroxylation sites is 2. The number of nitrogens with one attached hydrogen (secondary N) is 2. The van der Waals surface area contributed by atoms with E-state index in [1.807, 2.05) is 0 Å². The van der Waals surface area contributed by atoms with E-state index in [1.54, 1.807) is 31.2 Å². The first-order valence-electron chi connectivity index (χ1n) is 8.57. The maximum Gasteiger partial charge on any atom is 0.439 e. The molecular formula is C19H13ClF3N5O2. The molecule has 0 saturated carbocycles. The summed E-state index contributed by atoms with van der Waals surface area (Å²) >= 11 is 5.64. The van der Waals surface area contributed by atoms with Crippen LogP contribution in [-0.4, -0.2) is 14.6 Å². The Kier molecular flexibility index (Phi) is 4.86. The quantitative estimate of drug-likeness (QED) is 0.470.